The van der Waals surface area contributed by atoms with Crippen molar-refractivity contribution in [1.29, 1.82) is 0 Å². The van der Waals surface area contributed by atoms with E-state index in [1.165, 1.54) is 6.92 Å². The van der Waals surface area contributed by atoms with Gasteiger partial charge in [-0.1, -0.05) is 6.07 Å². The molecule has 0 amide bonds. The number of hydrogen-bond donors (Lipinski definition) is 1. The fraction of sp³-hybridized carbons (Fsp3) is 0.667. The summed E-state index contributed by atoms with van der Waals surface area (Å²) in [5, 5.41) is 10.4. The van der Waals surface area contributed by atoms with Gasteiger partial charge in [0.05, 0.1) is 13.2 Å². The zero-order valence-corrected chi connectivity index (χ0v) is 16.3. The second kappa shape index (κ2) is 8.93. The molecule has 5 atom stereocenters. The first-order valence-corrected chi connectivity index (χ1v) is 9.67. The molecule has 2 fully saturated rings. The molecule has 2 saturated carbocycles. The quantitative estimate of drug-likeness (QED) is 0.581. The highest BCUT2D eigenvalue weighted by Gasteiger charge is 2.48. The summed E-state index contributed by atoms with van der Waals surface area (Å²) in [5.74, 6) is 1.90. The SMILES string of the molecule is COCOc1cc(C[C@@H]2CC[C@H]3[C@@H]2[C@@H](OC(C)=O)CC[C@@H]3O)ccc1OC. The number of esters is 1. The molecule has 1 aromatic carbocycles. The standard InChI is InChI=1S/C21H30O6/c1-13(22)27-19-9-7-17(23)16-6-5-15(21(16)19)10-14-4-8-18(25-3)20(11-14)26-12-24-2/h4,8,11,15-17,19,21,23H,5-7,9-10,12H2,1-3H3/t15-,16+,17-,19-,21+/m0/s1. The second-order valence-electron chi connectivity index (χ2n) is 7.61. The Balaban J connectivity index is 1.76. The van der Waals surface area contributed by atoms with E-state index in [0.29, 0.717) is 23.8 Å². The number of aliphatic hydroxyl groups excluding tert-OH is 1. The molecule has 6 heteroatoms. The van der Waals surface area contributed by atoms with Gasteiger partial charge in [-0.15, -0.1) is 0 Å². The molecule has 6 nitrogen and oxygen atoms in total. The van der Waals surface area contributed by atoms with E-state index in [1.54, 1.807) is 14.2 Å². The predicted octanol–water partition coefficient (Wildman–Crippen LogP) is 2.95. The maximum absolute atomic E-state index is 11.5. The molecule has 2 aliphatic rings. The summed E-state index contributed by atoms with van der Waals surface area (Å²) in [5.41, 5.74) is 1.15. The smallest absolute Gasteiger partial charge is 0.302 e. The maximum atomic E-state index is 11.5. The van der Waals surface area contributed by atoms with Crippen LogP contribution in [0.3, 0.4) is 0 Å². The highest BCUT2D eigenvalue weighted by molar-refractivity contribution is 5.66. The van der Waals surface area contributed by atoms with Crippen LogP contribution < -0.4 is 9.47 Å². The van der Waals surface area contributed by atoms with Gasteiger partial charge in [-0.25, -0.2) is 0 Å². The van der Waals surface area contributed by atoms with E-state index in [1.807, 2.05) is 18.2 Å². The Morgan fingerprint density at radius 1 is 1.15 bits per heavy atom. The monoisotopic (exact) mass is 378 g/mol. The van der Waals surface area contributed by atoms with Crippen LogP contribution in [-0.4, -0.2) is 44.3 Å². The van der Waals surface area contributed by atoms with Crippen LogP contribution in [0.1, 0.15) is 38.2 Å². The zero-order chi connectivity index (χ0) is 19.4. The van der Waals surface area contributed by atoms with Crippen molar-refractivity contribution in [2.75, 3.05) is 21.0 Å². The van der Waals surface area contributed by atoms with E-state index in [9.17, 15) is 9.90 Å². The minimum Gasteiger partial charge on any atom is -0.493 e. The molecule has 2 aliphatic carbocycles. The number of fused-ring (bicyclic) bond motifs is 1. The van der Waals surface area contributed by atoms with Crippen molar-refractivity contribution in [2.24, 2.45) is 17.8 Å². The summed E-state index contributed by atoms with van der Waals surface area (Å²) in [7, 11) is 3.20. The van der Waals surface area contributed by atoms with E-state index < -0.39 is 0 Å². The van der Waals surface area contributed by atoms with Crippen molar-refractivity contribution >= 4 is 5.97 Å². The van der Waals surface area contributed by atoms with Gasteiger partial charge >= 0.3 is 5.97 Å². The molecule has 1 aromatic rings. The fourth-order valence-electron chi connectivity index (χ4n) is 4.89. The van der Waals surface area contributed by atoms with Gasteiger partial charge in [0.25, 0.3) is 0 Å². The Morgan fingerprint density at radius 3 is 2.67 bits per heavy atom. The molecular formula is C21H30O6. The van der Waals surface area contributed by atoms with Crippen LogP contribution in [0.5, 0.6) is 11.5 Å². The van der Waals surface area contributed by atoms with Crippen LogP contribution in [0.4, 0.5) is 0 Å². The molecule has 0 aromatic heterocycles. The van der Waals surface area contributed by atoms with E-state index >= 15 is 0 Å². The average Bonchev–Trinajstić information content (AvgIpc) is 3.07. The Hall–Kier alpha value is -1.79. The van der Waals surface area contributed by atoms with Gasteiger partial charge in [-0.05, 0) is 61.6 Å². The van der Waals surface area contributed by atoms with Gasteiger partial charge < -0.3 is 24.1 Å². The number of hydrogen-bond acceptors (Lipinski definition) is 6. The third-order valence-electron chi connectivity index (χ3n) is 5.96. The molecule has 0 saturated heterocycles. The lowest BCUT2D eigenvalue weighted by atomic mass is 9.73. The summed E-state index contributed by atoms with van der Waals surface area (Å²) in [6, 6.07) is 5.95. The first kappa shape index (κ1) is 20.0. The van der Waals surface area contributed by atoms with Crippen molar-refractivity contribution in [1.82, 2.24) is 0 Å². The van der Waals surface area contributed by atoms with Crippen molar-refractivity contribution in [2.45, 2.75) is 51.2 Å². The van der Waals surface area contributed by atoms with Crippen LogP contribution in [0.15, 0.2) is 18.2 Å². The Morgan fingerprint density at radius 2 is 1.96 bits per heavy atom. The van der Waals surface area contributed by atoms with Gasteiger partial charge in [0, 0.05) is 20.0 Å². The van der Waals surface area contributed by atoms with Crippen LogP contribution in [0, 0.1) is 17.8 Å². The Bertz CT molecular complexity index is 646. The normalized spacial score (nSPS) is 29.9. The minimum atomic E-state index is -0.289. The summed E-state index contributed by atoms with van der Waals surface area (Å²) in [6.07, 6.45) is 3.95. The lowest BCUT2D eigenvalue weighted by Crippen LogP contribution is -2.42. The number of carbonyl (C=O) groups is 1. The first-order chi connectivity index (χ1) is 13.0. The van der Waals surface area contributed by atoms with E-state index in [4.69, 9.17) is 18.9 Å². The van der Waals surface area contributed by atoms with E-state index in [-0.39, 0.29) is 36.8 Å². The molecule has 150 valence electrons. The summed E-state index contributed by atoms with van der Waals surface area (Å²) in [6.45, 7) is 1.63. The highest BCUT2D eigenvalue weighted by atomic mass is 16.7. The molecule has 3 rings (SSSR count). The summed E-state index contributed by atoms with van der Waals surface area (Å²) >= 11 is 0. The van der Waals surface area contributed by atoms with Gasteiger partial charge in [0.15, 0.2) is 18.3 Å². The fourth-order valence-corrected chi connectivity index (χ4v) is 4.89. The Kier molecular flexibility index (Phi) is 6.60. The van der Waals surface area contributed by atoms with Crippen LogP contribution in [0.2, 0.25) is 0 Å². The van der Waals surface area contributed by atoms with Crippen LogP contribution in [-0.2, 0) is 20.7 Å². The van der Waals surface area contributed by atoms with Crippen molar-refractivity contribution in [3.63, 3.8) is 0 Å². The van der Waals surface area contributed by atoms with Crippen molar-refractivity contribution < 1.29 is 28.8 Å². The molecule has 0 radical (unpaired) electrons. The number of methoxy groups -OCH3 is 2. The molecule has 0 heterocycles. The van der Waals surface area contributed by atoms with Gasteiger partial charge in [-0.3, -0.25) is 4.79 Å². The third-order valence-corrected chi connectivity index (χ3v) is 5.96. The lowest BCUT2D eigenvalue weighted by molar-refractivity contribution is -0.156. The average molecular weight is 378 g/mol. The first-order valence-electron chi connectivity index (χ1n) is 9.67. The predicted molar refractivity (Wildman–Crippen MR) is 99.7 cm³/mol. The van der Waals surface area contributed by atoms with Gasteiger partial charge in [0.2, 0.25) is 0 Å². The van der Waals surface area contributed by atoms with Crippen molar-refractivity contribution in [3.8, 4) is 11.5 Å². The van der Waals surface area contributed by atoms with E-state index in [0.717, 1.165) is 31.2 Å². The number of carbonyl (C=O) groups excluding carboxylic acids is 1. The number of rotatable bonds is 7. The molecular weight excluding hydrogens is 348 g/mol. The maximum Gasteiger partial charge on any atom is 0.302 e. The summed E-state index contributed by atoms with van der Waals surface area (Å²) in [4.78, 5) is 11.5. The topological polar surface area (TPSA) is 74.2 Å². The van der Waals surface area contributed by atoms with Crippen LogP contribution in [0.25, 0.3) is 0 Å². The Labute approximate surface area is 160 Å². The lowest BCUT2D eigenvalue weighted by Gasteiger charge is -2.39. The highest BCUT2D eigenvalue weighted by Crippen LogP contribution is 2.48. The summed E-state index contributed by atoms with van der Waals surface area (Å²) < 4.78 is 21.6. The van der Waals surface area contributed by atoms with Gasteiger partial charge in [0.1, 0.15) is 6.10 Å². The largest absolute Gasteiger partial charge is 0.493 e. The second-order valence-corrected chi connectivity index (χ2v) is 7.61. The van der Waals surface area contributed by atoms with Gasteiger partial charge in [-0.2, -0.15) is 0 Å². The van der Waals surface area contributed by atoms with Crippen molar-refractivity contribution in [3.05, 3.63) is 23.8 Å². The minimum absolute atomic E-state index is 0.0918. The molecule has 0 unspecified atom stereocenters. The molecule has 0 spiro atoms. The van der Waals surface area contributed by atoms with Crippen LogP contribution >= 0.6 is 0 Å². The number of aliphatic hydroxyl groups is 1. The number of benzene rings is 1. The molecule has 1 N–H and O–H groups in total. The molecule has 0 aliphatic heterocycles. The molecule has 27 heavy (non-hydrogen) atoms. The zero-order valence-electron chi connectivity index (χ0n) is 16.3. The number of ether oxygens (including phenoxy) is 4. The third kappa shape index (κ3) is 4.55. The molecule has 0 bridgehead atoms. The van der Waals surface area contributed by atoms with E-state index in [2.05, 4.69) is 0 Å².